The normalized spacial score (nSPS) is 11.4. The summed E-state index contributed by atoms with van der Waals surface area (Å²) in [5.41, 5.74) is 2.15. The van der Waals surface area contributed by atoms with E-state index in [0.717, 1.165) is 22.0 Å². The quantitative estimate of drug-likeness (QED) is 0.632. The third-order valence-corrected chi connectivity index (χ3v) is 5.26. The van der Waals surface area contributed by atoms with Crippen LogP contribution in [0.25, 0.3) is 0 Å². The smallest absolute Gasteiger partial charge is 0.262 e. The fraction of sp³-hybridized carbons (Fsp3) is 0.333. The van der Waals surface area contributed by atoms with E-state index in [0.29, 0.717) is 12.1 Å². The molecule has 0 saturated heterocycles. The maximum Gasteiger partial charge on any atom is 0.262 e. The molecule has 142 valence electrons. The number of ether oxygens (including phenoxy) is 1. The molecule has 2 heterocycles. The Morgan fingerprint density at radius 3 is 2.44 bits per heavy atom. The maximum atomic E-state index is 13.4. The summed E-state index contributed by atoms with van der Waals surface area (Å²) in [4.78, 5) is 16.4. The number of anilines is 1. The van der Waals surface area contributed by atoms with Crippen LogP contribution in [0.3, 0.4) is 0 Å². The molecule has 0 spiro atoms. The third kappa shape index (κ3) is 4.06. The van der Waals surface area contributed by atoms with Crippen LogP contribution in [0, 0.1) is 6.92 Å². The van der Waals surface area contributed by atoms with Gasteiger partial charge in [-0.3, -0.25) is 9.48 Å². The number of benzene rings is 1. The van der Waals surface area contributed by atoms with Crippen LogP contribution >= 0.6 is 11.3 Å². The Kier molecular flexibility index (Phi) is 5.37. The van der Waals surface area contributed by atoms with E-state index < -0.39 is 0 Å². The number of carbonyl (C=O) groups is 1. The largest absolute Gasteiger partial charge is 0.497 e. The van der Waals surface area contributed by atoms with Crippen molar-refractivity contribution in [2.75, 3.05) is 12.0 Å². The number of rotatable bonds is 5. The van der Waals surface area contributed by atoms with Gasteiger partial charge in [0, 0.05) is 16.3 Å². The molecule has 2 aromatic heterocycles. The molecule has 5 nitrogen and oxygen atoms in total. The molecule has 27 heavy (non-hydrogen) atoms. The molecule has 0 N–H and O–H groups in total. The number of methoxy groups -OCH3 is 1. The number of nitrogens with zero attached hydrogens (tertiary/aromatic N) is 3. The number of thiophene rings is 1. The first kappa shape index (κ1) is 19.2. The fourth-order valence-electron chi connectivity index (χ4n) is 3.04. The summed E-state index contributed by atoms with van der Waals surface area (Å²) < 4.78 is 7.15. The first-order valence-electron chi connectivity index (χ1n) is 8.84. The highest BCUT2D eigenvalue weighted by Gasteiger charge is 2.26. The molecule has 0 unspecified atom stereocenters. The van der Waals surface area contributed by atoms with Crippen molar-refractivity contribution in [3.8, 4) is 5.75 Å². The van der Waals surface area contributed by atoms with Crippen molar-refractivity contribution in [1.29, 1.82) is 0 Å². The van der Waals surface area contributed by atoms with Gasteiger partial charge >= 0.3 is 0 Å². The molecule has 0 aliphatic carbocycles. The van der Waals surface area contributed by atoms with Crippen LogP contribution in [0.2, 0.25) is 0 Å². The highest BCUT2D eigenvalue weighted by atomic mass is 32.1. The predicted octanol–water partition coefficient (Wildman–Crippen LogP) is 4.86. The average molecular weight is 384 g/mol. The van der Waals surface area contributed by atoms with Crippen molar-refractivity contribution in [1.82, 2.24) is 9.78 Å². The second-order valence-electron chi connectivity index (χ2n) is 7.39. The molecule has 0 bridgehead atoms. The van der Waals surface area contributed by atoms with Crippen LogP contribution in [-0.4, -0.2) is 22.8 Å². The van der Waals surface area contributed by atoms with E-state index in [1.54, 1.807) is 29.5 Å². The van der Waals surface area contributed by atoms with Gasteiger partial charge in [0.05, 0.1) is 31.0 Å². The van der Waals surface area contributed by atoms with E-state index >= 15 is 0 Å². The number of amides is 1. The summed E-state index contributed by atoms with van der Waals surface area (Å²) >= 11 is 1.64. The topological polar surface area (TPSA) is 47.4 Å². The van der Waals surface area contributed by atoms with Gasteiger partial charge in [-0.25, -0.2) is 0 Å². The summed E-state index contributed by atoms with van der Waals surface area (Å²) in [5, 5.41) is 6.48. The molecule has 0 fully saturated rings. The first-order valence-corrected chi connectivity index (χ1v) is 9.72. The molecule has 0 atom stereocenters. The monoisotopic (exact) mass is 383 g/mol. The molecule has 0 saturated carbocycles. The summed E-state index contributed by atoms with van der Waals surface area (Å²) in [6.07, 6.45) is 1.67. The van der Waals surface area contributed by atoms with Crippen molar-refractivity contribution in [2.24, 2.45) is 0 Å². The van der Waals surface area contributed by atoms with Gasteiger partial charge in [-0.1, -0.05) is 6.07 Å². The minimum atomic E-state index is -0.179. The van der Waals surface area contributed by atoms with Gasteiger partial charge in [-0.15, -0.1) is 11.3 Å². The van der Waals surface area contributed by atoms with Crippen molar-refractivity contribution in [3.05, 3.63) is 64.1 Å². The van der Waals surface area contributed by atoms with Gasteiger partial charge in [0.1, 0.15) is 5.75 Å². The van der Waals surface area contributed by atoms with Gasteiger partial charge in [-0.2, -0.15) is 5.10 Å². The van der Waals surface area contributed by atoms with Crippen LogP contribution in [0.5, 0.6) is 5.75 Å². The van der Waals surface area contributed by atoms with E-state index in [-0.39, 0.29) is 11.4 Å². The van der Waals surface area contributed by atoms with Crippen molar-refractivity contribution in [2.45, 2.75) is 39.8 Å². The van der Waals surface area contributed by atoms with E-state index in [9.17, 15) is 4.79 Å². The summed E-state index contributed by atoms with van der Waals surface area (Å²) in [6, 6.07) is 11.6. The fourth-order valence-corrected chi connectivity index (χ4v) is 3.73. The van der Waals surface area contributed by atoms with Gasteiger partial charge < -0.3 is 9.64 Å². The van der Waals surface area contributed by atoms with E-state index in [1.165, 1.54) is 0 Å². The Morgan fingerprint density at radius 1 is 1.22 bits per heavy atom. The second kappa shape index (κ2) is 7.56. The zero-order valence-corrected chi connectivity index (χ0v) is 17.2. The molecular formula is C21H25N3O2S. The lowest BCUT2D eigenvalue weighted by Crippen LogP contribution is -2.31. The lowest BCUT2D eigenvalue weighted by Gasteiger charge is -2.24. The maximum absolute atomic E-state index is 13.4. The second-order valence-corrected chi connectivity index (χ2v) is 8.43. The molecule has 1 amide bonds. The Labute approximate surface area is 164 Å². The van der Waals surface area contributed by atoms with Crippen molar-refractivity contribution >= 4 is 22.9 Å². The van der Waals surface area contributed by atoms with Crippen LogP contribution in [0.4, 0.5) is 5.69 Å². The SMILES string of the molecule is COc1ccc(N(Cc2cccs2)C(=O)c2cnn(C(C)(C)C)c2C)cc1. The summed E-state index contributed by atoms with van der Waals surface area (Å²) in [7, 11) is 1.63. The number of aromatic nitrogens is 2. The van der Waals surface area contributed by atoms with Gasteiger partial charge in [-0.05, 0) is 63.4 Å². The van der Waals surface area contributed by atoms with Crippen molar-refractivity contribution in [3.63, 3.8) is 0 Å². The highest BCUT2D eigenvalue weighted by molar-refractivity contribution is 7.09. The standard InChI is InChI=1S/C21H25N3O2S/c1-15-19(13-22-24(15)21(2,3)4)20(25)23(14-18-7-6-12-27-18)16-8-10-17(26-5)11-9-16/h6-13H,14H2,1-5H3. The molecule has 0 aliphatic rings. The van der Waals surface area contributed by atoms with Crippen molar-refractivity contribution < 1.29 is 9.53 Å². The minimum absolute atomic E-state index is 0.0541. The molecule has 1 aromatic carbocycles. The van der Waals surface area contributed by atoms with Crippen LogP contribution in [-0.2, 0) is 12.1 Å². The summed E-state index contributed by atoms with van der Waals surface area (Å²) in [5.74, 6) is 0.709. The predicted molar refractivity (Wildman–Crippen MR) is 110 cm³/mol. The van der Waals surface area contributed by atoms with Crippen LogP contribution < -0.4 is 9.64 Å². The van der Waals surface area contributed by atoms with Crippen LogP contribution in [0.1, 0.15) is 41.7 Å². The summed E-state index contributed by atoms with van der Waals surface area (Å²) in [6.45, 7) is 8.70. The molecule has 6 heteroatoms. The molecule has 0 aliphatic heterocycles. The van der Waals surface area contributed by atoms with Gasteiger partial charge in [0.15, 0.2) is 0 Å². The van der Waals surface area contributed by atoms with E-state index in [2.05, 4.69) is 25.9 Å². The highest BCUT2D eigenvalue weighted by Crippen LogP contribution is 2.26. The third-order valence-electron chi connectivity index (χ3n) is 4.40. The van der Waals surface area contributed by atoms with E-state index in [4.69, 9.17) is 4.74 Å². The van der Waals surface area contributed by atoms with Crippen LogP contribution in [0.15, 0.2) is 48.0 Å². The number of carbonyl (C=O) groups excluding carboxylic acids is 1. The number of hydrogen-bond donors (Lipinski definition) is 0. The Morgan fingerprint density at radius 2 is 1.93 bits per heavy atom. The number of hydrogen-bond acceptors (Lipinski definition) is 4. The van der Waals surface area contributed by atoms with Gasteiger partial charge in [0.25, 0.3) is 5.91 Å². The Balaban J connectivity index is 1.99. The lowest BCUT2D eigenvalue weighted by atomic mass is 10.1. The average Bonchev–Trinajstić information content (AvgIpc) is 3.28. The minimum Gasteiger partial charge on any atom is -0.497 e. The zero-order valence-electron chi connectivity index (χ0n) is 16.4. The lowest BCUT2D eigenvalue weighted by molar-refractivity contribution is 0.0984. The van der Waals surface area contributed by atoms with E-state index in [1.807, 2.05) is 53.4 Å². The molecule has 3 aromatic rings. The van der Waals surface area contributed by atoms with Gasteiger partial charge in [0.2, 0.25) is 0 Å². The Bertz CT molecular complexity index is 906. The zero-order chi connectivity index (χ0) is 19.6. The molecular weight excluding hydrogens is 358 g/mol. The molecule has 0 radical (unpaired) electrons. The molecule has 3 rings (SSSR count). The first-order chi connectivity index (χ1) is 12.8. The Hall–Kier alpha value is -2.60.